The first-order valence-electron chi connectivity index (χ1n) is 7.47. The van der Waals surface area contributed by atoms with E-state index in [1.165, 1.54) is 12.8 Å². The molecular weight excluding hydrogens is 242 g/mol. The Kier molecular flexibility index (Phi) is 5.60. The number of hydrogen-bond donors (Lipinski definition) is 2. The summed E-state index contributed by atoms with van der Waals surface area (Å²) >= 11 is 0. The highest BCUT2D eigenvalue weighted by atomic mass is 16.5. The van der Waals surface area contributed by atoms with Crippen LogP contribution in [0.2, 0.25) is 0 Å². The van der Waals surface area contributed by atoms with Crippen LogP contribution in [0.15, 0.2) is 0 Å². The zero-order valence-corrected chi connectivity index (χ0v) is 12.2. The molecule has 5 heteroatoms. The van der Waals surface area contributed by atoms with Gasteiger partial charge in [0, 0.05) is 32.6 Å². The molecule has 2 saturated heterocycles. The molecule has 0 aromatic rings. The molecule has 2 unspecified atom stereocenters. The Balaban J connectivity index is 1.71. The standard InChI is InChI=1S/C14H27N3O2/c1-11(14-10-15-5-8-19-14)17-6-3-13(4-7-17)9-16-12(2)18/h11,13-15H,3-10H2,1-2H3,(H,16,18). The Morgan fingerprint density at radius 3 is 2.79 bits per heavy atom. The highest BCUT2D eigenvalue weighted by Gasteiger charge is 2.29. The summed E-state index contributed by atoms with van der Waals surface area (Å²) in [6, 6.07) is 0.481. The van der Waals surface area contributed by atoms with Gasteiger partial charge in [0.15, 0.2) is 0 Å². The van der Waals surface area contributed by atoms with Gasteiger partial charge < -0.3 is 15.4 Å². The van der Waals surface area contributed by atoms with Gasteiger partial charge in [0.2, 0.25) is 5.91 Å². The van der Waals surface area contributed by atoms with Gasteiger partial charge in [-0.25, -0.2) is 0 Å². The second kappa shape index (κ2) is 7.22. The molecule has 0 saturated carbocycles. The fraction of sp³-hybridized carbons (Fsp3) is 0.929. The fourth-order valence-corrected chi connectivity index (χ4v) is 2.98. The van der Waals surface area contributed by atoms with Crippen molar-refractivity contribution in [1.29, 1.82) is 0 Å². The number of amides is 1. The first-order valence-corrected chi connectivity index (χ1v) is 7.47. The zero-order chi connectivity index (χ0) is 13.7. The molecule has 1 amide bonds. The third-order valence-electron chi connectivity index (χ3n) is 4.36. The number of rotatable bonds is 4. The highest BCUT2D eigenvalue weighted by molar-refractivity contribution is 5.72. The van der Waals surface area contributed by atoms with Gasteiger partial charge in [-0.3, -0.25) is 9.69 Å². The number of carbonyl (C=O) groups excluding carboxylic acids is 1. The molecule has 2 rings (SSSR count). The number of morpholine rings is 1. The predicted molar refractivity (Wildman–Crippen MR) is 75.1 cm³/mol. The Hall–Kier alpha value is -0.650. The van der Waals surface area contributed by atoms with Crippen LogP contribution in [-0.4, -0.2) is 62.3 Å². The minimum Gasteiger partial charge on any atom is -0.374 e. The van der Waals surface area contributed by atoms with E-state index in [0.717, 1.165) is 39.3 Å². The van der Waals surface area contributed by atoms with Crippen LogP contribution in [0.3, 0.4) is 0 Å². The van der Waals surface area contributed by atoms with Gasteiger partial charge in [-0.05, 0) is 38.8 Å². The average molecular weight is 269 g/mol. The SMILES string of the molecule is CC(=O)NCC1CCN(C(C)C2CNCCO2)CC1. The van der Waals surface area contributed by atoms with E-state index in [0.29, 0.717) is 18.1 Å². The molecule has 2 heterocycles. The van der Waals surface area contributed by atoms with E-state index in [4.69, 9.17) is 4.74 Å². The lowest BCUT2D eigenvalue weighted by atomic mass is 9.95. The molecule has 0 aliphatic carbocycles. The maximum Gasteiger partial charge on any atom is 0.216 e. The normalized spacial score (nSPS) is 28.0. The van der Waals surface area contributed by atoms with Crippen molar-refractivity contribution in [3.8, 4) is 0 Å². The molecule has 2 atom stereocenters. The summed E-state index contributed by atoms with van der Waals surface area (Å²) < 4.78 is 5.84. The number of nitrogens with one attached hydrogen (secondary N) is 2. The Morgan fingerprint density at radius 2 is 2.21 bits per heavy atom. The van der Waals surface area contributed by atoms with Crippen molar-refractivity contribution < 1.29 is 9.53 Å². The summed E-state index contributed by atoms with van der Waals surface area (Å²) in [5.74, 6) is 0.718. The minimum absolute atomic E-state index is 0.0810. The third kappa shape index (κ3) is 4.44. The molecular formula is C14H27N3O2. The Bertz CT molecular complexity index is 284. The van der Waals surface area contributed by atoms with Gasteiger partial charge in [-0.15, -0.1) is 0 Å². The van der Waals surface area contributed by atoms with Crippen molar-refractivity contribution in [2.75, 3.05) is 39.3 Å². The molecule has 0 aromatic heterocycles. The van der Waals surface area contributed by atoms with Gasteiger partial charge in [0.1, 0.15) is 0 Å². The summed E-state index contributed by atoms with van der Waals surface area (Å²) in [6.45, 7) is 9.69. The van der Waals surface area contributed by atoms with Gasteiger partial charge in [0.25, 0.3) is 0 Å². The van der Waals surface area contributed by atoms with Crippen molar-refractivity contribution in [2.45, 2.75) is 38.8 Å². The largest absolute Gasteiger partial charge is 0.374 e. The summed E-state index contributed by atoms with van der Waals surface area (Å²) in [5, 5.41) is 6.33. The van der Waals surface area contributed by atoms with E-state index in [9.17, 15) is 4.79 Å². The first-order chi connectivity index (χ1) is 9.16. The molecule has 110 valence electrons. The summed E-state index contributed by atoms with van der Waals surface area (Å²) in [4.78, 5) is 13.5. The molecule has 0 aromatic carbocycles. The van der Waals surface area contributed by atoms with E-state index in [2.05, 4.69) is 22.5 Å². The van der Waals surface area contributed by atoms with Crippen LogP contribution < -0.4 is 10.6 Å². The van der Waals surface area contributed by atoms with Crippen LogP contribution >= 0.6 is 0 Å². The smallest absolute Gasteiger partial charge is 0.216 e. The van der Waals surface area contributed by atoms with Crippen LogP contribution in [0, 0.1) is 5.92 Å². The zero-order valence-electron chi connectivity index (χ0n) is 12.2. The number of piperidine rings is 1. The average Bonchev–Trinajstić information content (AvgIpc) is 2.46. The predicted octanol–water partition coefficient (Wildman–Crippen LogP) is 0.211. The first kappa shape index (κ1) is 14.8. The second-order valence-electron chi connectivity index (χ2n) is 5.77. The van der Waals surface area contributed by atoms with Crippen molar-refractivity contribution in [1.82, 2.24) is 15.5 Å². The molecule has 2 aliphatic heterocycles. The van der Waals surface area contributed by atoms with Gasteiger partial charge in [-0.2, -0.15) is 0 Å². The van der Waals surface area contributed by atoms with E-state index >= 15 is 0 Å². The topological polar surface area (TPSA) is 53.6 Å². The van der Waals surface area contributed by atoms with Crippen molar-refractivity contribution >= 4 is 5.91 Å². The van der Waals surface area contributed by atoms with Crippen LogP contribution in [0.1, 0.15) is 26.7 Å². The van der Waals surface area contributed by atoms with Crippen LogP contribution in [0.25, 0.3) is 0 Å². The van der Waals surface area contributed by atoms with Crippen LogP contribution in [0.5, 0.6) is 0 Å². The molecule has 2 fully saturated rings. The number of likely N-dealkylation sites (tertiary alicyclic amines) is 1. The second-order valence-corrected chi connectivity index (χ2v) is 5.77. The van der Waals surface area contributed by atoms with Gasteiger partial charge in [-0.1, -0.05) is 0 Å². The fourth-order valence-electron chi connectivity index (χ4n) is 2.98. The summed E-state index contributed by atoms with van der Waals surface area (Å²) in [5.41, 5.74) is 0. The van der Waals surface area contributed by atoms with E-state index in [1.807, 2.05) is 0 Å². The Labute approximate surface area is 116 Å². The molecule has 19 heavy (non-hydrogen) atoms. The lowest BCUT2D eigenvalue weighted by Crippen LogP contribution is -2.53. The van der Waals surface area contributed by atoms with Crippen LogP contribution in [-0.2, 0) is 9.53 Å². The third-order valence-corrected chi connectivity index (χ3v) is 4.36. The monoisotopic (exact) mass is 269 g/mol. The van der Waals surface area contributed by atoms with E-state index < -0.39 is 0 Å². The molecule has 2 N–H and O–H groups in total. The molecule has 0 bridgehead atoms. The van der Waals surface area contributed by atoms with Crippen molar-refractivity contribution in [2.24, 2.45) is 5.92 Å². The number of carbonyl (C=O) groups is 1. The maximum atomic E-state index is 10.9. The minimum atomic E-state index is 0.0810. The number of nitrogens with zero attached hydrogens (tertiary/aromatic N) is 1. The van der Waals surface area contributed by atoms with E-state index in [1.54, 1.807) is 6.92 Å². The lowest BCUT2D eigenvalue weighted by Gasteiger charge is -2.40. The molecule has 0 radical (unpaired) electrons. The quantitative estimate of drug-likeness (QED) is 0.766. The number of hydrogen-bond acceptors (Lipinski definition) is 4. The van der Waals surface area contributed by atoms with Crippen molar-refractivity contribution in [3.63, 3.8) is 0 Å². The van der Waals surface area contributed by atoms with Crippen LogP contribution in [0.4, 0.5) is 0 Å². The number of ether oxygens (including phenoxy) is 1. The maximum absolute atomic E-state index is 10.9. The highest BCUT2D eigenvalue weighted by Crippen LogP contribution is 2.20. The van der Waals surface area contributed by atoms with Gasteiger partial charge >= 0.3 is 0 Å². The lowest BCUT2D eigenvalue weighted by molar-refractivity contribution is -0.119. The summed E-state index contributed by atoms with van der Waals surface area (Å²) in [6.07, 6.45) is 2.66. The van der Waals surface area contributed by atoms with Crippen molar-refractivity contribution in [3.05, 3.63) is 0 Å². The van der Waals surface area contributed by atoms with E-state index in [-0.39, 0.29) is 5.91 Å². The Morgan fingerprint density at radius 1 is 1.47 bits per heavy atom. The molecule has 0 spiro atoms. The van der Waals surface area contributed by atoms with Gasteiger partial charge in [0.05, 0.1) is 12.7 Å². The summed E-state index contributed by atoms with van der Waals surface area (Å²) in [7, 11) is 0. The molecule has 5 nitrogen and oxygen atoms in total. The molecule has 2 aliphatic rings.